The highest BCUT2D eigenvalue weighted by atomic mass is 14.0. The Kier molecular flexibility index (Phi) is 6.44. The van der Waals surface area contributed by atoms with Crippen molar-refractivity contribution in [1.82, 2.24) is 0 Å². The average molecular weight is 202 g/mol. The van der Waals surface area contributed by atoms with Gasteiger partial charge < -0.3 is 0 Å². The van der Waals surface area contributed by atoms with Gasteiger partial charge in [0.15, 0.2) is 0 Å². The van der Waals surface area contributed by atoms with E-state index in [0.29, 0.717) is 0 Å². The van der Waals surface area contributed by atoms with Crippen molar-refractivity contribution in [3.8, 4) is 0 Å². The fourth-order valence-corrected chi connectivity index (χ4v) is 1.29. The molecular formula is C15H22. The maximum absolute atomic E-state index is 4.02. The second kappa shape index (κ2) is 7.05. The van der Waals surface area contributed by atoms with Crippen molar-refractivity contribution in [3.63, 3.8) is 0 Å². The Bertz CT molecular complexity index is 322. The molecule has 0 spiro atoms. The Morgan fingerprint density at radius 3 is 2.20 bits per heavy atom. The summed E-state index contributed by atoms with van der Waals surface area (Å²) in [5, 5.41) is 0. The molecule has 0 saturated carbocycles. The van der Waals surface area contributed by atoms with E-state index >= 15 is 0 Å². The minimum Gasteiger partial charge on any atom is -0.0985 e. The average Bonchev–Trinajstić information content (AvgIpc) is 2.24. The smallest absolute Gasteiger partial charge is 0.0303 e. The molecule has 0 saturated heterocycles. The van der Waals surface area contributed by atoms with E-state index in [0.717, 1.165) is 12.0 Å². The largest absolute Gasteiger partial charge is 0.0985 e. The highest BCUT2D eigenvalue weighted by Gasteiger charge is 1.94. The van der Waals surface area contributed by atoms with Crippen LogP contribution in [0.15, 0.2) is 59.8 Å². The van der Waals surface area contributed by atoms with Crippen LogP contribution in [0.2, 0.25) is 0 Å². The first-order chi connectivity index (χ1) is 7.04. The third-order valence-electron chi connectivity index (χ3n) is 2.39. The van der Waals surface area contributed by atoms with Crippen molar-refractivity contribution in [2.45, 2.75) is 34.1 Å². The van der Waals surface area contributed by atoms with Gasteiger partial charge in [-0.15, -0.1) is 0 Å². The van der Waals surface area contributed by atoms with Crippen LogP contribution >= 0.6 is 0 Å². The van der Waals surface area contributed by atoms with Gasteiger partial charge in [0.1, 0.15) is 0 Å². The molecule has 0 aromatic rings. The van der Waals surface area contributed by atoms with E-state index in [2.05, 4.69) is 46.1 Å². The van der Waals surface area contributed by atoms with Gasteiger partial charge in [-0.3, -0.25) is 0 Å². The molecular weight excluding hydrogens is 180 g/mol. The van der Waals surface area contributed by atoms with Crippen LogP contribution in [0.5, 0.6) is 0 Å². The van der Waals surface area contributed by atoms with Gasteiger partial charge in [-0.1, -0.05) is 55.5 Å². The van der Waals surface area contributed by atoms with E-state index in [1.54, 1.807) is 0 Å². The third-order valence-corrected chi connectivity index (χ3v) is 2.39. The van der Waals surface area contributed by atoms with E-state index in [1.165, 1.54) is 16.7 Å². The lowest BCUT2D eigenvalue weighted by atomic mass is 10.0. The van der Waals surface area contributed by atoms with Gasteiger partial charge in [0, 0.05) is 0 Å². The third kappa shape index (κ3) is 5.21. The minimum atomic E-state index is 1.01. The Morgan fingerprint density at radius 1 is 1.20 bits per heavy atom. The summed E-state index contributed by atoms with van der Waals surface area (Å²) < 4.78 is 0. The van der Waals surface area contributed by atoms with E-state index in [4.69, 9.17) is 0 Å². The van der Waals surface area contributed by atoms with Gasteiger partial charge in [0.25, 0.3) is 0 Å². The zero-order chi connectivity index (χ0) is 11.8. The Morgan fingerprint density at radius 2 is 1.80 bits per heavy atom. The van der Waals surface area contributed by atoms with Crippen LogP contribution in [0.3, 0.4) is 0 Å². The summed E-state index contributed by atoms with van der Waals surface area (Å²) in [6.07, 6.45) is 9.21. The highest BCUT2D eigenvalue weighted by Crippen LogP contribution is 2.14. The molecule has 15 heavy (non-hydrogen) atoms. The quantitative estimate of drug-likeness (QED) is 0.552. The van der Waals surface area contributed by atoms with Crippen molar-refractivity contribution < 1.29 is 0 Å². The van der Waals surface area contributed by atoms with E-state index in [-0.39, 0.29) is 0 Å². The lowest BCUT2D eigenvalue weighted by Crippen LogP contribution is -1.82. The Labute approximate surface area is 94.4 Å². The first-order valence-corrected chi connectivity index (χ1v) is 5.38. The molecule has 0 aliphatic heterocycles. The van der Waals surface area contributed by atoms with Crippen molar-refractivity contribution in [1.29, 1.82) is 0 Å². The molecule has 0 aromatic heterocycles. The fraction of sp³-hybridized carbons (Fsp3) is 0.333. The normalized spacial score (nSPS) is 14.0. The second-order valence-electron chi connectivity index (χ2n) is 3.67. The van der Waals surface area contributed by atoms with Gasteiger partial charge in [-0.25, -0.2) is 0 Å². The van der Waals surface area contributed by atoms with Crippen LogP contribution < -0.4 is 0 Å². The predicted molar refractivity (Wildman–Crippen MR) is 70.9 cm³/mol. The second-order valence-corrected chi connectivity index (χ2v) is 3.67. The number of hydrogen-bond acceptors (Lipinski definition) is 0. The zero-order valence-corrected chi connectivity index (χ0v) is 10.4. The summed E-state index contributed by atoms with van der Waals surface area (Å²) in [7, 11) is 0. The first kappa shape index (κ1) is 13.7. The Balaban J connectivity index is 4.81. The van der Waals surface area contributed by atoms with Crippen LogP contribution in [-0.2, 0) is 0 Å². The van der Waals surface area contributed by atoms with Crippen molar-refractivity contribution in [2.24, 2.45) is 0 Å². The molecule has 0 heterocycles. The van der Waals surface area contributed by atoms with Gasteiger partial charge >= 0.3 is 0 Å². The topological polar surface area (TPSA) is 0 Å². The summed E-state index contributed by atoms with van der Waals surface area (Å²) in [4.78, 5) is 0. The molecule has 0 aliphatic rings. The fourth-order valence-electron chi connectivity index (χ4n) is 1.29. The van der Waals surface area contributed by atoms with Gasteiger partial charge in [-0.2, -0.15) is 0 Å². The molecule has 82 valence electrons. The van der Waals surface area contributed by atoms with Gasteiger partial charge in [0.05, 0.1) is 0 Å². The summed E-state index contributed by atoms with van der Waals surface area (Å²) in [5.74, 6) is 0. The monoisotopic (exact) mass is 202 g/mol. The van der Waals surface area contributed by atoms with E-state index in [1.807, 2.05) is 19.1 Å². The van der Waals surface area contributed by atoms with Crippen LogP contribution in [0, 0.1) is 0 Å². The molecule has 0 heteroatoms. The molecule has 0 rings (SSSR count). The van der Waals surface area contributed by atoms with Crippen molar-refractivity contribution in [2.75, 3.05) is 0 Å². The maximum atomic E-state index is 4.02. The van der Waals surface area contributed by atoms with E-state index < -0.39 is 0 Å². The van der Waals surface area contributed by atoms with Crippen LogP contribution in [0.25, 0.3) is 0 Å². The van der Waals surface area contributed by atoms with Gasteiger partial charge in [-0.05, 0) is 38.3 Å². The molecule has 0 bridgehead atoms. The lowest BCUT2D eigenvalue weighted by molar-refractivity contribution is 1.11. The summed E-state index contributed by atoms with van der Waals surface area (Å²) in [6.45, 7) is 16.1. The maximum Gasteiger partial charge on any atom is -0.0303 e. The zero-order valence-electron chi connectivity index (χ0n) is 10.4. The number of rotatable bonds is 5. The lowest BCUT2D eigenvalue weighted by Gasteiger charge is -2.03. The molecule has 0 atom stereocenters. The van der Waals surface area contributed by atoms with E-state index in [9.17, 15) is 0 Å². The standard InChI is InChI=1S/C15H22/c1-7-13(5)14(6)10-12(4)11-15(8-2)9-3/h8-11H,2,5,7H2,1,3-4,6H3/b12-11+,14-10-,15-9-. The predicted octanol–water partition coefficient (Wildman–Crippen LogP) is 4.98. The summed E-state index contributed by atoms with van der Waals surface area (Å²) in [6, 6.07) is 0. The van der Waals surface area contributed by atoms with Crippen molar-refractivity contribution >= 4 is 0 Å². The Hall–Kier alpha value is -1.30. The van der Waals surface area contributed by atoms with Crippen molar-refractivity contribution in [3.05, 3.63) is 59.8 Å². The molecule has 0 radical (unpaired) electrons. The molecule has 0 N–H and O–H groups in total. The summed E-state index contributed by atoms with van der Waals surface area (Å²) >= 11 is 0. The van der Waals surface area contributed by atoms with Gasteiger partial charge in [0.2, 0.25) is 0 Å². The van der Waals surface area contributed by atoms with Crippen LogP contribution in [0.4, 0.5) is 0 Å². The molecule has 0 amide bonds. The molecule has 0 unspecified atom stereocenters. The SMILES string of the molecule is C=CC(=C/C)/C=C(C)/C=C(/C)C(=C)CC. The molecule has 0 aliphatic carbocycles. The summed E-state index contributed by atoms with van der Waals surface area (Å²) in [5.41, 5.74) is 4.84. The molecule has 0 aromatic carbocycles. The number of allylic oxidation sites excluding steroid dienone is 8. The number of hydrogen-bond donors (Lipinski definition) is 0. The van der Waals surface area contributed by atoms with Crippen LogP contribution in [0.1, 0.15) is 34.1 Å². The minimum absolute atomic E-state index is 1.01. The molecule has 0 nitrogen and oxygen atoms in total. The highest BCUT2D eigenvalue weighted by molar-refractivity contribution is 5.39. The molecule has 0 fully saturated rings. The van der Waals surface area contributed by atoms with Crippen LogP contribution in [-0.4, -0.2) is 0 Å². The first-order valence-electron chi connectivity index (χ1n) is 5.38.